The summed E-state index contributed by atoms with van der Waals surface area (Å²) in [5.74, 6) is -3.29. The lowest BCUT2D eigenvalue weighted by Crippen LogP contribution is -2.46. The maximum Gasteiger partial charge on any atom is 0.416 e. The minimum absolute atomic E-state index is 0.156. The van der Waals surface area contributed by atoms with Crippen molar-refractivity contribution in [2.24, 2.45) is 5.92 Å². The first kappa shape index (κ1) is 21.5. The van der Waals surface area contributed by atoms with Gasteiger partial charge < -0.3 is 15.2 Å². The van der Waals surface area contributed by atoms with Gasteiger partial charge in [-0.2, -0.15) is 13.2 Å². The first-order valence-electron chi connectivity index (χ1n) is 7.88. The molecule has 1 aromatic rings. The fraction of sp³-hybridized carbons (Fsp3) is 0.471. The summed E-state index contributed by atoms with van der Waals surface area (Å²) in [5, 5.41) is 11.5. The maximum atomic E-state index is 12.5. The molecule has 0 saturated heterocycles. The lowest BCUT2D eigenvalue weighted by Gasteiger charge is -2.21. The summed E-state index contributed by atoms with van der Waals surface area (Å²) < 4.78 is 42.3. The number of carboxylic acids is 1. The number of aliphatic carboxylic acids is 1. The van der Waals surface area contributed by atoms with Crippen LogP contribution >= 0.6 is 0 Å². The molecule has 0 saturated carbocycles. The molecule has 0 aliphatic carbocycles. The molecule has 0 bridgehead atoms. The second-order valence-electron chi connectivity index (χ2n) is 5.74. The average Bonchev–Trinajstić information content (AvgIpc) is 2.52. The number of hydrogen-bond donors (Lipinski definition) is 2. The molecule has 2 N–H and O–H groups in total. The van der Waals surface area contributed by atoms with E-state index in [1.807, 2.05) is 0 Å². The summed E-state index contributed by atoms with van der Waals surface area (Å²) in [5.41, 5.74) is -0.536. The van der Waals surface area contributed by atoms with E-state index < -0.39 is 41.5 Å². The zero-order valence-corrected chi connectivity index (χ0v) is 14.3. The quantitative estimate of drug-likeness (QED) is 0.681. The highest BCUT2D eigenvalue weighted by atomic mass is 19.4. The molecular formula is C17H20F3NO5. The summed E-state index contributed by atoms with van der Waals surface area (Å²) in [6.45, 7) is 3.25. The third-order valence-corrected chi connectivity index (χ3v) is 3.59. The second kappa shape index (κ2) is 9.21. The van der Waals surface area contributed by atoms with Crippen molar-refractivity contribution < 1.29 is 37.4 Å². The molecule has 26 heavy (non-hydrogen) atoms. The number of halogens is 3. The molecule has 0 radical (unpaired) electrons. The average molecular weight is 375 g/mol. The molecular weight excluding hydrogens is 355 g/mol. The summed E-state index contributed by atoms with van der Waals surface area (Å²) in [6.07, 6.45) is -4.95. The standard InChI is InChI=1S/C17H20F3NO5/c1-3-26-14(23)8-10(2)15(16(24)25)21-13(22)9-11-4-6-12(7-5-11)17(18,19)20/h4-7,10,15H,3,8-9H2,1-2H3,(H,21,22)(H,24,25)/t10-,15+/m0/s1. The highest BCUT2D eigenvalue weighted by Gasteiger charge is 2.30. The Hall–Kier alpha value is -2.58. The van der Waals surface area contributed by atoms with Crippen LogP contribution in [0, 0.1) is 5.92 Å². The summed E-state index contributed by atoms with van der Waals surface area (Å²) >= 11 is 0. The van der Waals surface area contributed by atoms with E-state index in [9.17, 15) is 32.7 Å². The third-order valence-electron chi connectivity index (χ3n) is 3.59. The highest BCUT2D eigenvalue weighted by molar-refractivity contribution is 5.85. The molecule has 2 atom stereocenters. The van der Waals surface area contributed by atoms with Crippen molar-refractivity contribution in [2.45, 2.75) is 38.9 Å². The molecule has 0 spiro atoms. The van der Waals surface area contributed by atoms with E-state index >= 15 is 0 Å². The monoisotopic (exact) mass is 375 g/mol. The number of hydrogen-bond acceptors (Lipinski definition) is 4. The van der Waals surface area contributed by atoms with Crippen LogP contribution in [0.5, 0.6) is 0 Å². The Morgan fingerprint density at radius 2 is 1.77 bits per heavy atom. The lowest BCUT2D eigenvalue weighted by atomic mass is 9.98. The molecule has 0 heterocycles. The van der Waals surface area contributed by atoms with Crippen molar-refractivity contribution in [3.05, 3.63) is 35.4 Å². The van der Waals surface area contributed by atoms with Gasteiger partial charge in [-0.05, 0) is 30.5 Å². The molecule has 1 amide bonds. The zero-order chi connectivity index (χ0) is 19.9. The summed E-state index contributed by atoms with van der Waals surface area (Å²) in [6, 6.07) is 2.68. The number of carboxylic acid groups (broad SMARTS) is 1. The van der Waals surface area contributed by atoms with Gasteiger partial charge in [-0.15, -0.1) is 0 Å². The maximum absolute atomic E-state index is 12.5. The largest absolute Gasteiger partial charge is 0.480 e. The number of esters is 1. The van der Waals surface area contributed by atoms with Crippen molar-refractivity contribution in [2.75, 3.05) is 6.61 Å². The van der Waals surface area contributed by atoms with Crippen LogP contribution in [0.2, 0.25) is 0 Å². The van der Waals surface area contributed by atoms with Crippen molar-refractivity contribution in [3.63, 3.8) is 0 Å². The zero-order valence-electron chi connectivity index (χ0n) is 14.3. The van der Waals surface area contributed by atoms with Crippen LogP contribution in [0.25, 0.3) is 0 Å². The van der Waals surface area contributed by atoms with Gasteiger partial charge in [-0.3, -0.25) is 9.59 Å². The van der Waals surface area contributed by atoms with Crippen LogP contribution in [0.4, 0.5) is 13.2 Å². The minimum atomic E-state index is -4.47. The lowest BCUT2D eigenvalue weighted by molar-refractivity contribution is -0.147. The van der Waals surface area contributed by atoms with Gasteiger partial charge >= 0.3 is 18.1 Å². The van der Waals surface area contributed by atoms with E-state index in [2.05, 4.69) is 5.32 Å². The highest BCUT2D eigenvalue weighted by Crippen LogP contribution is 2.29. The molecule has 144 valence electrons. The van der Waals surface area contributed by atoms with Crippen LogP contribution in [0.15, 0.2) is 24.3 Å². The van der Waals surface area contributed by atoms with Crippen LogP contribution in [0.3, 0.4) is 0 Å². The van der Waals surface area contributed by atoms with E-state index in [1.165, 1.54) is 6.92 Å². The Kier molecular flexibility index (Phi) is 7.60. The first-order valence-corrected chi connectivity index (χ1v) is 7.88. The Balaban J connectivity index is 2.70. The number of benzene rings is 1. The number of alkyl halides is 3. The van der Waals surface area contributed by atoms with E-state index in [0.29, 0.717) is 5.56 Å². The van der Waals surface area contributed by atoms with Gasteiger partial charge in [0.1, 0.15) is 6.04 Å². The number of nitrogens with one attached hydrogen (secondary N) is 1. The fourth-order valence-electron chi connectivity index (χ4n) is 2.27. The number of rotatable bonds is 8. The molecule has 6 nitrogen and oxygen atoms in total. The van der Waals surface area contributed by atoms with Gasteiger partial charge in [0.05, 0.1) is 25.0 Å². The summed E-state index contributed by atoms with van der Waals surface area (Å²) in [4.78, 5) is 34.8. The molecule has 1 aromatic carbocycles. The first-order chi connectivity index (χ1) is 12.0. The van der Waals surface area contributed by atoms with Gasteiger partial charge in [-0.1, -0.05) is 19.1 Å². The summed E-state index contributed by atoms with van der Waals surface area (Å²) in [7, 11) is 0. The number of ether oxygens (including phenoxy) is 1. The molecule has 0 unspecified atom stereocenters. The molecule has 1 rings (SSSR count). The van der Waals surface area contributed by atoms with Crippen molar-refractivity contribution in [1.29, 1.82) is 0 Å². The SMILES string of the molecule is CCOC(=O)C[C@H](C)[C@@H](NC(=O)Cc1ccc(C(F)(F)F)cc1)C(=O)O. The molecule has 9 heteroatoms. The Morgan fingerprint density at radius 3 is 2.23 bits per heavy atom. The van der Waals surface area contributed by atoms with Gasteiger partial charge in [0.2, 0.25) is 5.91 Å². The van der Waals surface area contributed by atoms with Crippen LogP contribution in [-0.2, 0) is 31.7 Å². The topological polar surface area (TPSA) is 92.7 Å². The smallest absolute Gasteiger partial charge is 0.416 e. The Morgan fingerprint density at radius 1 is 1.19 bits per heavy atom. The van der Waals surface area contributed by atoms with E-state index in [-0.39, 0.29) is 19.4 Å². The van der Waals surface area contributed by atoms with Crippen molar-refractivity contribution in [1.82, 2.24) is 5.32 Å². The number of carbonyl (C=O) groups excluding carboxylic acids is 2. The van der Waals surface area contributed by atoms with Gasteiger partial charge in [0, 0.05) is 0 Å². The van der Waals surface area contributed by atoms with Crippen molar-refractivity contribution >= 4 is 17.8 Å². The Bertz CT molecular complexity index is 643. The van der Waals surface area contributed by atoms with Gasteiger partial charge in [0.25, 0.3) is 0 Å². The minimum Gasteiger partial charge on any atom is -0.480 e. The fourth-order valence-corrected chi connectivity index (χ4v) is 2.27. The van der Waals surface area contributed by atoms with E-state index in [1.54, 1.807) is 6.92 Å². The van der Waals surface area contributed by atoms with E-state index in [0.717, 1.165) is 24.3 Å². The molecule has 0 aliphatic rings. The van der Waals surface area contributed by atoms with Gasteiger partial charge in [-0.25, -0.2) is 4.79 Å². The van der Waals surface area contributed by atoms with Crippen LogP contribution in [0.1, 0.15) is 31.4 Å². The van der Waals surface area contributed by atoms with E-state index in [4.69, 9.17) is 4.74 Å². The second-order valence-corrected chi connectivity index (χ2v) is 5.74. The van der Waals surface area contributed by atoms with Gasteiger partial charge in [0.15, 0.2) is 0 Å². The normalized spacial score (nSPS) is 13.6. The van der Waals surface area contributed by atoms with Crippen LogP contribution < -0.4 is 5.32 Å². The molecule has 0 aliphatic heterocycles. The Labute approximate surface area is 148 Å². The number of carbonyl (C=O) groups is 3. The van der Waals surface area contributed by atoms with Crippen molar-refractivity contribution in [3.8, 4) is 0 Å². The molecule has 0 fully saturated rings. The predicted molar refractivity (Wildman–Crippen MR) is 85.1 cm³/mol. The van der Waals surface area contributed by atoms with Crippen LogP contribution in [-0.4, -0.2) is 35.6 Å². The number of amides is 1. The predicted octanol–water partition coefficient (Wildman–Crippen LogP) is 2.41. The third kappa shape index (κ3) is 6.73. The molecule has 0 aromatic heterocycles.